The summed E-state index contributed by atoms with van der Waals surface area (Å²) in [4.78, 5) is 17.1. The molecule has 2 atom stereocenters. The second-order valence-electron chi connectivity index (χ2n) is 6.52. The number of aryl methyl sites for hydroxylation is 1. The van der Waals surface area contributed by atoms with Crippen LogP contribution in [0.1, 0.15) is 37.1 Å². The van der Waals surface area contributed by atoms with Crippen LogP contribution in [0.2, 0.25) is 0 Å². The van der Waals surface area contributed by atoms with Gasteiger partial charge in [0.2, 0.25) is 5.91 Å². The lowest BCUT2D eigenvalue weighted by Crippen LogP contribution is -2.23. The maximum Gasteiger partial charge on any atom is 0.237 e. The summed E-state index contributed by atoms with van der Waals surface area (Å²) in [7, 11) is 0. The Morgan fingerprint density at radius 1 is 1.40 bits per heavy atom. The van der Waals surface area contributed by atoms with Crippen LogP contribution >= 0.6 is 11.8 Å². The zero-order chi connectivity index (χ0) is 17.8. The second-order valence-corrected chi connectivity index (χ2v) is 7.85. The van der Waals surface area contributed by atoms with Crippen molar-refractivity contribution >= 4 is 23.4 Å². The van der Waals surface area contributed by atoms with E-state index in [-0.39, 0.29) is 11.2 Å². The largest absolute Gasteiger partial charge is 0.325 e. The molecule has 1 heterocycles. The molecule has 0 saturated carbocycles. The molecule has 1 aromatic heterocycles. The topological polar surface area (TPSA) is 65.8 Å². The van der Waals surface area contributed by atoms with Gasteiger partial charge in [-0.2, -0.15) is 5.26 Å². The molecule has 1 amide bonds. The fraction of sp³-hybridized carbons (Fsp3) is 0.350. The number of para-hydroxylation sites is 1. The van der Waals surface area contributed by atoms with E-state index in [2.05, 4.69) is 18.3 Å². The van der Waals surface area contributed by atoms with E-state index < -0.39 is 0 Å². The van der Waals surface area contributed by atoms with E-state index in [4.69, 9.17) is 4.98 Å². The molecule has 1 aliphatic carbocycles. The normalized spacial score (nSPS) is 17.2. The van der Waals surface area contributed by atoms with Crippen LogP contribution in [0.3, 0.4) is 0 Å². The van der Waals surface area contributed by atoms with Gasteiger partial charge in [-0.1, -0.05) is 36.9 Å². The van der Waals surface area contributed by atoms with Crippen molar-refractivity contribution in [1.29, 1.82) is 5.26 Å². The average molecular weight is 351 g/mol. The minimum Gasteiger partial charge on any atom is -0.325 e. The molecule has 2 aromatic rings. The summed E-state index contributed by atoms with van der Waals surface area (Å²) in [5.74, 6) is 0.545. The van der Waals surface area contributed by atoms with Crippen molar-refractivity contribution in [3.05, 3.63) is 53.2 Å². The van der Waals surface area contributed by atoms with Crippen LogP contribution in [-0.4, -0.2) is 16.1 Å². The Kier molecular flexibility index (Phi) is 5.40. The first-order chi connectivity index (χ1) is 12.1. The van der Waals surface area contributed by atoms with Gasteiger partial charge in [-0.05, 0) is 55.9 Å². The van der Waals surface area contributed by atoms with Crippen molar-refractivity contribution in [3.63, 3.8) is 0 Å². The fourth-order valence-corrected chi connectivity index (χ4v) is 3.88. The molecule has 0 radical (unpaired) electrons. The van der Waals surface area contributed by atoms with Gasteiger partial charge in [0.1, 0.15) is 11.1 Å². The van der Waals surface area contributed by atoms with Crippen molar-refractivity contribution in [2.24, 2.45) is 5.92 Å². The van der Waals surface area contributed by atoms with Gasteiger partial charge in [-0.25, -0.2) is 4.98 Å². The first-order valence-electron chi connectivity index (χ1n) is 8.52. The number of nitriles is 1. The maximum atomic E-state index is 12.4. The van der Waals surface area contributed by atoms with Crippen LogP contribution in [0, 0.1) is 17.2 Å². The van der Waals surface area contributed by atoms with Gasteiger partial charge in [0.05, 0.1) is 10.8 Å². The lowest BCUT2D eigenvalue weighted by atomic mass is 9.87. The minimum absolute atomic E-state index is 0.0896. The van der Waals surface area contributed by atoms with Crippen LogP contribution in [0.25, 0.3) is 0 Å². The second kappa shape index (κ2) is 7.71. The summed E-state index contributed by atoms with van der Waals surface area (Å²) in [6.45, 7) is 4.07. The molecule has 0 aliphatic heterocycles. The van der Waals surface area contributed by atoms with E-state index in [0.717, 1.165) is 30.6 Å². The van der Waals surface area contributed by atoms with E-state index in [1.165, 1.54) is 17.3 Å². The van der Waals surface area contributed by atoms with E-state index >= 15 is 0 Å². The summed E-state index contributed by atoms with van der Waals surface area (Å²) in [5, 5.41) is 12.7. The van der Waals surface area contributed by atoms with E-state index in [1.807, 2.05) is 43.3 Å². The third-order valence-corrected chi connectivity index (χ3v) is 5.52. The number of amides is 1. The van der Waals surface area contributed by atoms with E-state index in [1.54, 1.807) is 0 Å². The number of benzene rings is 1. The van der Waals surface area contributed by atoms with Gasteiger partial charge in [0.25, 0.3) is 0 Å². The van der Waals surface area contributed by atoms with Crippen LogP contribution in [0.5, 0.6) is 0 Å². The molecule has 5 heteroatoms. The van der Waals surface area contributed by atoms with Gasteiger partial charge in [0.15, 0.2) is 0 Å². The van der Waals surface area contributed by atoms with Crippen molar-refractivity contribution in [3.8, 4) is 6.07 Å². The number of hydrogen-bond acceptors (Lipinski definition) is 4. The number of carbonyl (C=O) groups is 1. The van der Waals surface area contributed by atoms with Crippen LogP contribution in [0.15, 0.2) is 41.4 Å². The number of rotatable bonds is 4. The molecule has 3 rings (SSSR count). The molecule has 25 heavy (non-hydrogen) atoms. The standard InChI is InChI=1S/C20H21N3OS/c1-13-8-9-18-15(10-13)11-16(12-21)20(23-18)25-14(2)19(24)22-17-6-4-3-5-7-17/h3-7,11,13-14H,8-10H2,1-2H3,(H,22,24). The van der Waals surface area contributed by atoms with Crippen molar-refractivity contribution in [1.82, 2.24) is 4.98 Å². The zero-order valence-corrected chi connectivity index (χ0v) is 15.3. The first kappa shape index (κ1) is 17.5. The maximum absolute atomic E-state index is 12.4. The Labute approximate surface area is 152 Å². The lowest BCUT2D eigenvalue weighted by Gasteiger charge is -2.22. The Morgan fingerprint density at radius 3 is 2.88 bits per heavy atom. The Hall–Kier alpha value is -2.32. The molecule has 0 fully saturated rings. The van der Waals surface area contributed by atoms with Crippen molar-refractivity contribution in [2.75, 3.05) is 5.32 Å². The predicted octanol–water partition coefficient (Wildman–Crippen LogP) is 4.20. The number of aromatic nitrogens is 1. The van der Waals surface area contributed by atoms with Gasteiger partial charge in [0, 0.05) is 11.4 Å². The third kappa shape index (κ3) is 4.21. The van der Waals surface area contributed by atoms with Gasteiger partial charge in [-0.3, -0.25) is 4.79 Å². The summed E-state index contributed by atoms with van der Waals surface area (Å²) >= 11 is 1.35. The van der Waals surface area contributed by atoms with Crippen LogP contribution in [0.4, 0.5) is 5.69 Å². The number of fused-ring (bicyclic) bond motifs is 1. The molecule has 0 bridgehead atoms. The molecule has 4 nitrogen and oxygen atoms in total. The molecule has 1 aromatic carbocycles. The number of anilines is 1. The third-order valence-electron chi connectivity index (χ3n) is 4.42. The zero-order valence-electron chi connectivity index (χ0n) is 14.5. The number of hydrogen-bond donors (Lipinski definition) is 1. The molecule has 0 saturated heterocycles. The molecule has 0 spiro atoms. The lowest BCUT2D eigenvalue weighted by molar-refractivity contribution is -0.115. The number of nitrogens with one attached hydrogen (secondary N) is 1. The summed E-state index contributed by atoms with van der Waals surface area (Å²) in [6.07, 6.45) is 3.05. The number of carbonyl (C=O) groups excluding carboxylic acids is 1. The smallest absolute Gasteiger partial charge is 0.237 e. The summed E-state index contributed by atoms with van der Waals surface area (Å²) in [6, 6.07) is 13.6. The quantitative estimate of drug-likeness (QED) is 0.839. The van der Waals surface area contributed by atoms with Gasteiger partial charge >= 0.3 is 0 Å². The molecule has 128 valence electrons. The molecular formula is C20H21N3OS. The summed E-state index contributed by atoms with van der Waals surface area (Å²) < 4.78 is 0. The minimum atomic E-state index is -0.333. The molecular weight excluding hydrogens is 330 g/mol. The SMILES string of the molecule is CC1CCc2nc(SC(C)C(=O)Nc3ccccc3)c(C#N)cc2C1. The Morgan fingerprint density at radius 2 is 2.16 bits per heavy atom. The first-order valence-corrected chi connectivity index (χ1v) is 9.40. The highest BCUT2D eigenvalue weighted by atomic mass is 32.2. The highest BCUT2D eigenvalue weighted by molar-refractivity contribution is 8.00. The average Bonchev–Trinajstić information content (AvgIpc) is 2.62. The number of pyridine rings is 1. The van der Waals surface area contributed by atoms with Crippen LogP contribution < -0.4 is 5.32 Å². The summed E-state index contributed by atoms with van der Waals surface area (Å²) in [5.41, 5.74) is 3.60. The van der Waals surface area contributed by atoms with E-state index in [0.29, 0.717) is 16.5 Å². The highest BCUT2D eigenvalue weighted by Crippen LogP contribution is 2.31. The fourth-order valence-electron chi connectivity index (χ4n) is 2.98. The van der Waals surface area contributed by atoms with Crippen LogP contribution in [-0.2, 0) is 17.6 Å². The molecule has 1 aliphatic rings. The number of nitrogens with zero attached hydrogens (tertiary/aromatic N) is 2. The van der Waals surface area contributed by atoms with Crippen molar-refractivity contribution in [2.45, 2.75) is 43.4 Å². The molecule has 1 N–H and O–H groups in total. The predicted molar refractivity (Wildman–Crippen MR) is 101 cm³/mol. The Bertz CT molecular complexity index is 814. The van der Waals surface area contributed by atoms with E-state index in [9.17, 15) is 10.1 Å². The monoisotopic (exact) mass is 351 g/mol. The van der Waals surface area contributed by atoms with Crippen molar-refractivity contribution < 1.29 is 4.79 Å². The number of thioether (sulfide) groups is 1. The van der Waals surface area contributed by atoms with Gasteiger partial charge in [-0.15, -0.1) is 0 Å². The highest BCUT2D eigenvalue weighted by Gasteiger charge is 2.22. The molecule has 2 unspecified atom stereocenters. The Balaban J connectivity index is 1.75. The van der Waals surface area contributed by atoms with Gasteiger partial charge < -0.3 is 5.32 Å².